The van der Waals surface area contributed by atoms with Gasteiger partial charge < -0.3 is 5.11 Å². The Labute approximate surface area is 117 Å². The van der Waals surface area contributed by atoms with Crippen molar-refractivity contribution in [2.75, 3.05) is 0 Å². The highest BCUT2D eigenvalue weighted by Gasteiger charge is 2.18. The first kappa shape index (κ1) is 12.6. The Balaban J connectivity index is 2.29. The topological polar surface area (TPSA) is 55.9 Å². The highest BCUT2D eigenvalue weighted by atomic mass is 16.3. The summed E-state index contributed by atoms with van der Waals surface area (Å²) >= 11 is 0. The van der Waals surface area contributed by atoms with Crippen LogP contribution in [0.15, 0.2) is 42.7 Å². The van der Waals surface area contributed by atoms with Gasteiger partial charge in [-0.1, -0.05) is 18.2 Å². The van der Waals surface area contributed by atoms with Crippen molar-refractivity contribution in [1.82, 2.24) is 19.3 Å². The number of aryl methyl sites for hydroxylation is 2. The molecule has 1 aromatic carbocycles. The fourth-order valence-corrected chi connectivity index (χ4v) is 2.33. The van der Waals surface area contributed by atoms with E-state index in [1.807, 2.05) is 59.6 Å². The molecule has 3 rings (SSSR count). The quantitative estimate of drug-likeness (QED) is 0.792. The van der Waals surface area contributed by atoms with E-state index in [9.17, 15) is 5.11 Å². The summed E-state index contributed by atoms with van der Waals surface area (Å²) in [5.74, 6) is 1.70. The maximum absolute atomic E-state index is 9.66. The third kappa shape index (κ3) is 1.92. The Morgan fingerprint density at radius 3 is 2.50 bits per heavy atom. The molecule has 0 amide bonds. The van der Waals surface area contributed by atoms with E-state index < -0.39 is 0 Å². The van der Waals surface area contributed by atoms with Crippen LogP contribution in [0.2, 0.25) is 0 Å². The minimum atomic E-state index is -0.0500. The van der Waals surface area contributed by atoms with Crippen molar-refractivity contribution >= 4 is 0 Å². The number of aliphatic hydroxyl groups is 1. The fraction of sp³-hybridized carbons (Fsp3) is 0.200. The van der Waals surface area contributed by atoms with Crippen molar-refractivity contribution in [3.8, 4) is 11.5 Å². The van der Waals surface area contributed by atoms with Gasteiger partial charge in [-0.15, -0.1) is 0 Å². The first-order chi connectivity index (χ1) is 9.72. The molecule has 0 bridgehead atoms. The predicted molar refractivity (Wildman–Crippen MR) is 76.1 cm³/mol. The van der Waals surface area contributed by atoms with Crippen LogP contribution in [0.3, 0.4) is 0 Å². The third-order valence-corrected chi connectivity index (χ3v) is 3.37. The van der Waals surface area contributed by atoms with Gasteiger partial charge in [0, 0.05) is 18.0 Å². The first-order valence-corrected chi connectivity index (χ1v) is 6.47. The number of nitrogens with zero attached hydrogens (tertiary/aromatic N) is 4. The Morgan fingerprint density at radius 1 is 1.15 bits per heavy atom. The van der Waals surface area contributed by atoms with E-state index in [0.717, 1.165) is 28.6 Å². The van der Waals surface area contributed by atoms with Crippen LogP contribution in [-0.4, -0.2) is 24.4 Å². The lowest BCUT2D eigenvalue weighted by Crippen LogP contribution is -2.08. The molecule has 0 spiro atoms. The van der Waals surface area contributed by atoms with Gasteiger partial charge in [0.25, 0.3) is 0 Å². The van der Waals surface area contributed by atoms with E-state index in [0.29, 0.717) is 0 Å². The summed E-state index contributed by atoms with van der Waals surface area (Å²) in [6.45, 7) is 3.78. The lowest BCUT2D eigenvalue weighted by molar-refractivity contribution is 0.280. The Kier molecular flexibility index (Phi) is 3.12. The number of aliphatic hydroxyl groups excluding tert-OH is 1. The van der Waals surface area contributed by atoms with E-state index >= 15 is 0 Å². The van der Waals surface area contributed by atoms with Crippen LogP contribution in [0.5, 0.6) is 0 Å². The van der Waals surface area contributed by atoms with Gasteiger partial charge in [-0.3, -0.25) is 4.57 Å². The zero-order chi connectivity index (χ0) is 14.1. The van der Waals surface area contributed by atoms with Crippen molar-refractivity contribution < 1.29 is 5.11 Å². The van der Waals surface area contributed by atoms with E-state index in [1.165, 1.54) is 0 Å². The molecule has 0 radical (unpaired) electrons. The van der Waals surface area contributed by atoms with Crippen molar-refractivity contribution in [2.24, 2.45) is 0 Å². The second-order valence-electron chi connectivity index (χ2n) is 4.64. The average molecular weight is 268 g/mol. The van der Waals surface area contributed by atoms with Crippen molar-refractivity contribution in [3.63, 3.8) is 0 Å². The van der Waals surface area contributed by atoms with Gasteiger partial charge in [0.2, 0.25) is 0 Å². The molecular formula is C15H16N4O. The normalized spacial score (nSPS) is 10.9. The van der Waals surface area contributed by atoms with Crippen molar-refractivity contribution in [1.29, 1.82) is 0 Å². The Bertz CT molecular complexity index is 728. The Morgan fingerprint density at radius 2 is 1.90 bits per heavy atom. The van der Waals surface area contributed by atoms with Crippen molar-refractivity contribution in [3.05, 3.63) is 59.8 Å². The first-order valence-electron chi connectivity index (χ1n) is 6.47. The molecule has 2 aromatic heterocycles. The Hall–Kier alpha value is -2.40. The molecular weight excluding hydrogens is 252 g/mol. The number of hydrogen-bond acceptors (Lipinski definition) is 3. The maximum atomic E-state index is 9.66. The molecule has 5 nitrogen and oxygen atoms in total. The SMILES string of the molecule is Cc1nn(-c2ccccc2)c(-n2ccnc2C)c1CO. The summed E-state index contributed by atoms with van der Waals surface area (Å²) in [6, 6.07) is 9.88. The largest absolute Gasteiger partial charge is 0.391 e. The van der Waals surface area contributed by atoms with Gasteiger partial charge in [0.05, 0.1) is 18.0 Å². The molecule has 3 aromatic rings. The van der Waals surface area contributed by atoms with Gasteiger partial charge in [-0.05, 0) is 26.0 Å². The summed E-state index contributed by atoms with van der Waals surface area (Å²) in [4.78, 5) is 4.25. The van der Waals surface area contributed by atoms with Crippen LogP contribution in [0.4, 0.5) is 0 Å². The number of aromatic nitrogens is 4. The lowest BCUT2D eigenvalue weighted by atomic mass is 10.2. The molecule has 0 unspecified atom stereocenters. The zero-order valence-corrected chi connectivity index (χ0v) is 11.5. The van der Waals surface area contributed by atoms with Gasteiger partial charge in [-0.2, -0.15) is 5.10 Å². The number of para-hydroxylation sites is 1. The smallest absolute Gasteiger partial charge is 0.147 e. The second kappa shape index (κ2) is 4.94. The van der Waals surface area contributed by atoms with Crippen LogP contribution >= 0.6 is 0 Å². The molecule has 0 aliphatic rings. The van der Waals surface area contributed by atoms with Crippen LogP contribution in [-0.2, 0) is 6.61 Å². The molecule has 5 heteroatoms. The van der Waals surface area contributed by atoms with Crippen LogP contribution in [0, 0.1) is 13.8 Å². The summed E-state index contributed by atoms with van der Waals surface area (Å²) in [7, 11) is 0. The van der Waals surface area contributed by atoms with E-state index in [4.69, 9.17) is 0 Å². The highest BCUT2D eigenvalue weighted by molar-refractivity contribution is 5.46. The third-order valence-electron chi connectivity index (χ3n) is 3.37. The number of hydrogen-bond donors (Lipinski definition) is 1. The lowest BCUT2D eigenvalue weighted by Gasteiger charge is -2.11. The zero-order valence-electron chi connectivity index (χ0n) is 11.5. The van der Waals surface area contributed by atoms with Gasteiger partial charge in [-0.25, -0.2) is 9.67 Å². The van der Waals surface area contributed by atoms with Crippen LogP contribution in [0.25, 0.3) is 11.5 Å². The number of imidazole rings is 1. The summed E-state index contributed by atoms with van der Waals surface area (Å²) in [5, 5.41) is 14.2. The van der Waals surface area contributed by atoms with Crippen LogP contribution < -0.4 is 0 Å². The number of rotatable bonds is 3. The van der Waals surface area contributed by atoms with Gasteiger partial charge in [0.1, 0.15) is 11.6 Å². The molecule has 0 aliphatic heterocycles. The van der Waals surface area contributed by atoms with Gasteiger partial charge in [0.15, 0.2) is 0 Å². The van der Waals surface area contributed by atoms with Crippen molar-refractivity contribution in [2.45, 2.75) is 20.5 Å². The molecule has 0 aliphatic carbocycles. The molecule has 0 atom stereocenters. The molecule has 1 N–H and O–H groups in total. The van der Waals surface area contributed by atoms with Gasteiger partial charge >= 0.3 is 0 Å². The standard InChI is InChI=1S/C15H16N4O/c1-11-14(10-20)15(18-9-8-16-12(18)2)19(17-11)13-6-4-3-5-7-13/h3-9,20H,10H2,1-2H3. The molecule has 102 valence electrons. The van der Waals surface area contributed by atoms with Crippen LogP contribution in [0.1, 0.15) is 17.1 Å². The minimum absolute atomic E-state index is 0.0500. The average Bonchev–Trinajstić information content (AvgIpc) is 3.02. The minimum Gasteiger partial charge on any atom is -0.391 e. The van der Waals surface area contributed by atoms with E-state index in [1.54, 1.807) is 6.20 Å². The fourth-order valence-electron chi connectivity index (χ4n) is 2.33. The predicted octanol–water partition coefficient (Wildman–Crippen LogP) is 2.17. The molecule has 20 heavy (non-hydrogen) atoms. The second-order valence-corrected chi connectivity index (χ2v) is 4.64. The van der Waals surface area contributed by atoms with E-state index in [2.05, 4.69) is 10.1 Å². The molecule has 2 heterocycles. The highest BCUT2D eigenvalue weighted by Crippen LogP contribution is 2.23. The molecule has 0 saturated carbocycles. The number of benzene rings is 1. The molecule has 0 saturated heterocycles. The summed E-state index contributed by atoms with van der Waals surface area (Å²) in [5.41, 5.74) is 2.59. The summed E-state index contributed by atoms with van der Waals surface area (Å²) < 4.78 is 3.79. The molecule has 0 fully saturated rings. The maximum Gasteiger partial charge on any atom is 0.147 e. The monoisotopic (exact) mass is 268 g/mol. The van der Waals surface area contributed by atoms with E-state index in [-0.39, 0.29) is 6.61 Å². The summed E-state index contributed by atoms with van der Waals surface area (Å²) in [6.07, 6.45) is 3.62.